The molecule has 4 heterocycles. The van der Waals surface area contributed by atoms with Crippen molar-refractivity contribution in [3.05, 3.63) is 6.33 Å². The van der Waals surface area contributed by atoms with Gasteiger partial charge in [0.25, 0.3) is 5.13 Å². The molecular formula is C13H17ClFN6O4PS. The van der Waals surface area contributed by atoms with E-state index in [1.54, 1.807) is 13.8 Å². The summed E-state index contributed by atoms with van der Waals surface area (Å²) in [5.41, 5.74) is 11.9. The molecule has 0 saturated carbocycles. The number of anilines is 2. The third-order valence-electron chi connectivity index (χ3n) is 4.05. The van der Waals surface area contributed by atoms with Gasteiger partial charge in [-0.3, -0.25) is 9.09 Å². The van der Waals surface area contributed by atoms with Gasteiger partial charge >= 0.3 is 6.72 Å². The Labute approximate surface area is 163 Å². The second kappa shape index (κ2) is 6.45. The van der Waals surface area contributed by atoms with Crippen LogP contribution in [0.15, 0.2) is 6.33 Å². The van der Waals surface area contributed by atoms with E-state index in [2.05, 4.69) is 15.0 Å². The highest BCUT2D eigenvalue weighted by molar-refractivity contribution is 8.07. The predicted molar refractivity (Wildman–Crippen MR) is 99.1 cm³/mol. The predicted octanol–water partition coefficient (Wildman–Crippen LogP) is 1.86. The number of hydrogen-bond acceptors (Lipinski definition) is 10. The Morgan fingerprint density at radius 1 is 1.48 bits per heavy atom. The molecular weight excluding hydrogens is 422 g/mol. The lowest BCUT2D eigenvalue weighted by Crippen LogP contribution is -2.43. The SMILES string of the molecule is CC(C)OP1(=S)OC[C@H]2O[C@@H](n3cnc4c(N)nc(N)nc43)[C@@](F)(Cl)[C@@H]2O1. The van der Waals surface area contributed by atoms with E-state index in [0.29, 0.717) is 0 Å². The second-order valence-electron chi connectivity index (χ2n) is 6.42. The first-order valence-corrected chi connectivity index (χ1v) is 10.9. The molecule has 0 bridgehead atoms. The summed E-state index contributed by atoms with van der Waals surface area (Å²) in [7, 11) is 0. The number of hydrogen-bond donors (Lipinski definition) is 2. The number of alkyl halides is 2. The smallest absolute Gasteiger partial charge is 0.328 e. The Kier molecular flexibility index (Phi) is 4.58. The van der Waals surface area contributed by atoms with Crippen LogP contribution in [0.4, 0.5) is 16.2 Å². The molecule has 2 aliphatic heterocycles. The summed E-state index contributed by atoms with van der Waals surface area (Å²) < 4.78 is 39.4. The van der Waals surface area contributed by atoms with E-state index in [9.17, 15) is 0 Å². The van der Waals surface area contributed by atoms with Gasteiger partial charge in [0.05, 0.1) is 19.0 Å². The van der Waals surface area contributed by atoms with Crippen molar-refractivity contribution < 1.29 is 22.7 Å². The van der Waals surface area contributed by atoms with E-state index >= 15 is 4.39 Å². The average molecular weight is 439 g/mol. The summed E-state index contributed by atoms with van der Waals surface area (Å²) in [6, 6.07) is 0. The van der Waals surface area contributed by atoms with Gasteiger partial charge in [-0.15, -0.1) is 0 Å². The second-order valence-corrected chi connectivity index (χ2v) is 9.91. The summed E-state index contributed by atoms with van der Waals surface area (Å²) in [6.07, 6.45) is -2.27. The standard InChI is InChI=1S/C13H17ClFN6O4PS/c1-5(2)24-26(27)22-3-6-8(25-26)13(14,15)11(23-6)21-4-18-7-9(16)19-12(17)20-10(7)21/h4-6,8,11H,3H2,1-2H3,(H4,16,17,19,20)/t6-,8-,11-,13-,26?/m1/s1. The maximum absolute atomic E-state index is 15.6. The van der Waals surface area contributed by atoms with Gasteiger partial charge in [-0.2, -0.15) is 9.97 Å². The third kappa shape index (κ3) is 3.19. The largest absolute Gasteiger partial charge is 0.382 e. The van der Waals surface area contributed by atoms with Gasteiger partial charge in [0.1, 0.15) is 17.7 Å². The molecule has 1 unspecified atom stereocenters. The van der Waals surface area contributed by atoms with Crippen molar-refractivity contribution in [3.63, 3.8) is 0 Å². The Balaban J connectivity index is 1.70. The summed E-state index contributed by atoms with van der Waals surface area (Å²) in [5, 5.41) is -2.49. The van der Waals surface area contributed by atoms with E-state index < -0.39 is 30.3 Å². The Morgan fingerprint density at radius 2 is 2.22 bits per heavy atom. The molecule has 10 nitrogen and oxygen atoms in total. The summed E-state index contributed by atoms with van der Waals surface area (Å²) in [5.74, 6) is -0.0253. The van der Waals surface area contributed by atoms with Gasteiger partial charge in [-0.05, 0) is 25.7 Å². The van der Waals surface area contributed by atoms with E-state index in [-0.39, 0.29) is 35.6 Å². The van der Waals surface area contributed by atoms with Crippen molar-refractivity contribution in [1.29, 1.82) is 0 Å². The fourth-order valence-electron chi connectivity index (χ4n) is 3.01. The van der Waals surface area contributed by atoms with Crippen molar-refractivity contribution in [1.82, 2.24) is 19.5 Å². The van der Waals surface area contributed by atoms with Gasteiger partial charge in [-0.25, -0.2) is 9.37 Å². The summed E-state index contributed by atoms with van der Waals surface area (Å²) in [4.78, 5) is 12.0. The Hall–Kier alpha value is -1.14. The van der Waals surface area contributed by atoms with Crippen LogP contribution in [0.5, 0.6) is 0 Å². The average Bonchev–Trinajstić information content (AvgIpc) is 3.05. The number of aromatic nitrogens is 4. The van der Waals surface area contributed by atoms with E-state index in [1.807, 2.05) is 0 Å². The highest BCUT2D eigenvalue weighted by Crippen LogP contribution is 2.61. The van der Waals surface area contributed by atoms with Crippen LogP contribution in [-0.2, 0) is 30.1 Å². The molecule has 27 heavy (non-hydrogen) atoms. The highest BCUT2D eigenvalue weighted by Gasteiger charge is 2.62. The summed E-state index contributed by atoms with van der Waals surface area (Å²) >= 11 is 11.5. The molecule has 2 aromatic rings. The minimum absolute atomic E-state index is 0.0184. The van der Waals surface area contributed by atoms with Crippen LogP contribution in [0, 0.1) is 0 Å². The molecule has 0 radical (unpaired) electrons. The number of rotatable bonds is 3. The first kappa shape index (κ1) is 19.2. The topological polar surface area (TPSA) is 133 Å². The molecule has 14 heteroatoms. The van der Waals surface area contributed by atoms with Crippen LogP contribution in [-0.4, -0.2) is 49.6 Å². The van der Waals surface area contributed by atoms with Crippen LogP contribution in [0.25, 0.3) is 11.2 Å². The minimum atomic E-state index is -3.15. The molecule has 4 N–H and O–H groups in total. The molecule has 0 spiro atoms. The van der Waals surface area contributed by atoms with Crippen molar-refractivity contribution in [2.24, 2.45) is 0 Å². The van der Waals surface area contributed by atoms with E-state index in [1.165, 1.54) is 10.9 Å². The Bertz CT molecular complexity index is 945. The third-order valence-corrected chi connectivity index (χ3v) is 6.91. The molecule has 0 amide bonds. The number of ether oxygens (including phenoxy) is 1. The lowest BCUT2D eigenvalue weighted by molar-refractivity contribution is -0.0635. The zero-order valence-corrected chi connectivity index (χ0v) is 16.7. The highest BCUT2D eigenvalue weighted by atomic mass is 35.5. The van der Waals surface area contributed by atoms with Crippen LogP contribution < -0.4 is 11.5 Å². The molecule has 0 aromatic carbocycles. The number of nitrogens with two attached hydrogens (primary N) is 2. The Morgan fingerprint density at radius 3 is 2.93 bits per heavy atom. The van der Waals surface area contributed by atoms with E-state index in [0.717, 1.165) is 0 Å². The van der Waals surface area contributed by atoms with Crippen molar-refractivity contribution in [3.8, 4) is 0 Å². The molecule has 2 saturated heterocycles. The van der Waals surface area contributed by atoms with Crippen LogP contribution in [0.3, 0.4) is 0 Å². The summed E-state index contributed by atoms with van der Waals surface area (Å²) in [6.45, 7) is 0.382. The number of imidazole rings is 1. The van der Waals surface area contributed by atoms with Gasteiger partial charge in [0.15, 0.2) is 17.7 Å². The number of halogens is 2. The monoisotopic (exact) mass is 438 g/mol. The van der Waals surface area contributed by atoms with Gasteiger partial charge in [0.2, 0.25) is 5.95 Å². The van der Waals surface area contributed by atoms with Crippen LogP contribution in [0.2, 0.25) is 0 Å². The first-order valence-electron chi connectivity index (χ1n) is 8.01. The molecule has 2 fully saturated rings. The first-order chi connectivity index (χ1) is 12.6. The lowest BCUT2D eigenvalue weighted by atomic mass is 10.1. The molecule has 148 valence electrons. The van der Waals surface area contributed by atoms with Crippen molar-refractivity contribution >= 4 is 53.1 Å². The normalized spacial score (nSPS) is 36.4. The molecule has 2 aliphatic rings. The number of nitrogens with zero attached hydrogens (tertiary/aromatic N) is 4. The molecule has 4 rings (SSSR count). The van der Waals surface area contributed by atoms with Gasteiger partial charge < -0.3 is 25.3 Å². The quantitative estimate of drug-likeness (QED) is 0.540. The molecule has 0 aliphatic carbocycles. The molecule has 5 atom stereocenters. The number of nitrogen functional groups attached to an aromatic ring is 2. The number of fused-ring (bicyclic) bond motifs is 2. The fraction of sp³-hybridized carbons (Fsp3) is 0.615. The van der Waals surface area contributed by atoms with Crippen LogP contribution >= 0.6 is 18.3 Å². The van der Waals surface area contributed by atoms with E-state index in [4.69, 9.17) is 53.2 Å². The van der Waals surface area contributed by atoms with Crippen LogP contribution in [0.1, 0.15) is 20.1 Å². The van der Waals surface area contributed by atoms with Gasteiger partial charge in [-0.1, -0.05) is 11.6 Å². The molecule has 2 aromatic heterocycles. The van der Waals surface area contributed by atoms with Crippen molar-refractivity contribution in [2.45, 2.75) is 43.5 Å². The maximum Gasteiger partial charge on any atom is 0.328 e. The van der Waals surface area contributed by atoms with Gasteiger partial charge in [0, 0.05) is 0 Å². The zero-order valence-electron chi connectivity index (χ0n) is 14.3. The zero-order chi connectivity index (χ0) is 19.6. The van der Waals surface area contributed by atoms with Crippen molar-refractivity contribution in [2.75, 3.05) is 18.1 Å². The minimum Gasteiger partial charge on any atom is -0.382 e. The lowest BCUT2D eigenvalue weighted by Gasteiger charge is -2.35. The fourth-order valence-corrected chi connectivity index (χ4v) is 5.97. The maximum atomic E-state index is 15.6.